The summed E-state index contributed by atoms with van der Waals surface area (Å²) in [6.07, 6.45) is 22.3. The molecule has 0 nitrogen and oxygen atoms in total. The van der Waals surface area contributed by atoms with Crippen molar-refractivity contribution in [1.82, 2.24) is 0 Å². The summed E-state index contributed by atoms with van der Waals surface area (Å²) in [6.45, 7) is 4.60. The first-order chi connectivity index (χ1) is 9.41. The zero-order chi connectivity index (χ0) is 14.0. The van der Waals surface area contributed by atoms with Crippen molar-refractivity contribution < 1.29 is 0 Å². The van der Waals surface area contributed by atoms with Crippen LogP contribution in [-0.4, -0.2) is 12.3 Å². The van der Waals surface area contributed by atoms with Crippen LogP contribution in [0.2, 0.25) is 0 Å². The van der Waals surface area contributed by atoms with Crippen LogP contribution >= 0.6 is 16.5 Å². The summed E-state index contributed by atoms with van der Waals surface area (Å²) in [5.74, 6) is 0. The highest BCUT2D eigenvalue weighted by molar-refractivity contribution is 8.11. The zero-order valence-electron chi connectivity index (χ0n) is 13.7. The Kier molecular flexibility index (Phi) is 19.7. The van der Waals surface area contributed by atoms with Gasteiger partial charge >= 0.3 is 0 Å². The van der Waals surface area contributed by atoms with Gasteiger partial charge in [-0.2, -0.15) is 0 Å². The van der Waals surface area contributed by atoms with E-state index < -0.39 is 0 Å². The SMILES string of the molecule is CCCCCCCCCP[PH2+]CCCCCCCC. The lowest BCUT2D eigenvalue weighted by Gasteiger charge is -2.00. The maximum atomic E-state index is 2.30. The Labute approximate surface area is 126 Å². The molecule has 0 radical (unpaired) electrons. The highest BCUT2D eigenvalue weighted by atomic mass is 32.0. The second-order valence-corrected chi connectivity index (χ2v) is 10.2. The van der Waals surface area contributed by atoms with Gasteiger partial charge in [0, 0.05) is 16.5 Å². The van der Waals surface area contributed by atoms with Crippen LogP contribution < -0.4 is 0 Å². The van der Waals surface area contributed by atoms with E-state index in [1.807, 2.05) is 0 Å². The van der Waals surface area contributed by atoms with E-state index in [0.29, 0.717) is 0 Å². The first-order valence-corrected chi connectivity index (χ1v) is 12.8. The second kappa shape index (κ2) is 18.9. The monoisotopic (exact) mass is 305 g/mol. The van der Waals surface area contributed by atoms with E-state index in [0.717, 1.165) is 8.27 Å². The number of rotatable bonds is 16. The van der Waals surface area contributed by atoms with Crippen molar-refractivity contribution in [3.05, 3.63) is 0 Å². The van der Waals surface area contributed by atoms with Crippen molar-refractivity contribution in [1.29, 1.82) is 0 Å². The summed E-state index contributed by atoms with van der Waals surface area (Å²) in [4.78, 5) is 0. The summed E-state index contributed by atoms with van der Waals surface area (Å²) < 4.78 is 0. The van der Waals surface area contributed by atoms with Gasteiger partial charge in [0.25, 0.3) is 0 Å². The molecule has 0 bridgehead atoms. The Hall–Kier alpha value is 0.860. The summed E-state index contributed by atoms with van der Waals surface area (Å²) in [6, 6.07) is 0. The molecule has 2 atom stereocenters. The summed E-state index contributed by atoms with van der Waals surface area (Å²) >= 11 is 0. The van der Waals surface area contributed by atoms with Gasteiger partial charge in [-0.1, -0.05) is 78.1 Å². The lowest BCUT2D eigenvalue weighted by atomic mass is 10.1. The maximum absolute atomic E-state index is 2.30. The van der Waals surface area contributed by atoms with Crippen LogP contribution in [0.1, 0.15) is 97.3 Å². The first-order valence-electron chi connectivity index (χ1n) is 8.96. The molecule has 0 amide bonds. The van der Waals surface area contributed by atoms with Gasteiger partial charge in [-0.05, 0) is 25.4 Å². The topological polar surface area (TPSA) is 0 Å². The van der Waals surface area contributed by atoms with E-state index in [1.54, 1.807) is 12.3 Å². The molecule has 2 heteroatoms. The normalized spacial score (nSPS) is 12.3. The average molecular weight is 305 g/mol. The zero-order valence-corrected chi connectivity index (χ0v) is 15.8. The van der Waals surface area contributed by atoms with Crippen LogP contribution in [0.5, 0.6) is 0 Å². The Bertz CT molecular complexity index is 132. The maximum Gasteiger partial charge on any atom is 0.0569 e. The summed E-state index contributed by atoms with van der Waals surface area (Å²) in [7, 11) is 2.16. The van der Waals surface area contributed by atoms with E-state index in [4.69, 9.17) is 0 Å². The van der Waals surface area contributed by atoms with Crippen LogP contribution in [0, 0.1) is 0 Å². The van der Waals surface area contributed by atoms with E-state index in [-0.39, 0.29) is 0 Å². The molecule has 0 aromatic carbocycles. The van der Waals surface area contributed by atoms with Crippen molar-refractivity contribution in [3.8, 4) is 0 Å². The molecule has 2 unspecified atom stereocenters. The Morgan fingerprint density at radius 1 is 0.579 bits per heavy atom. The molecule has 0 spiro atoms. The van der Waals surface area contributed by atoms with Crippen molar-refractivity contribution in [2.45, 2.75) is 97.3 Å². The number of hydrogen-bond acceptors (Lipinski definition) is 0. The predicted octanol–water partition coefficient (Wildman–Crippen LogP) is 7.10. The Morgan fingerprint density at radius 3 is 1.63 bits per heavy atom. The molecule has 0 aromatic rings. The molecule has 0 saturated heterocycles. The van der Waals surface area contributed by atoms with Gasteiger partial charge in [-0.15, -0.1) is 0 Å². The van der Waals surface area contributed by atoms with Crippen LogP contribution in [0.25, 0.3) is 0 Å². The van der Waals surface area contributed by atoms with Gasteiger partial charge < -0.3 is 0 Å². The van der Waals surface area contributed by atoms with Crippen molar-refractivity contribution in [2.75, 3.05) is 12.3 Å². The van der Waals surface area contributed by atoms with E-state index in [9.17, 15) is 0 Å². The molecule has 0 heterocycles. The average Bonchev–Trinajstić information content (AvgIpc) is 2.43. The lowest BCUT2D eigenvalue weighted by molar-refractivity contribution is 0.603. The fourth-order valence-corrected chi connectivity index (χ4v) is 6.22. The van der Waals surface area contributed by atoms with Gasteiger partial charge in [0.1, 0.15) is 0 Å². The minimum Gasteiger partial charge on any atom is -0.0654 e. The molecule has 0 aliphatic rings. The third-order valence-corrected chi connectivity index (χ3v) is 8.00. The molecule has 116 valence electrons. The predicted molar refractivity (Wildman–Crippen MR) is 99.1 cm³/mol. The second-order valence-electron chi connectivity index (χ2n) is 5.84. The third-order valence-electron chi connectivity index (χ3n) is 3.77. The smallest absolute Gasteiger partial charge is 0.0569 e. The Balaban J connectivity index is 2.88. The summed E-state index contributed by atoms with van der Waals surface area (Å²) in [5, 5.41) is 0. The van der Waals surface area contributed by atoms with Crippen molar-refractivity contribution in [2.24, 2.45) is 0 Å². The number of unbranched alkanes of at least 4 members (excludes halogenated alkanes) is 11. The molecular formula is C17H39P2+. The van der Waals surface area contributed by atoms with E-state index >= 15 is 0 Å². The first kappa shape index (κ1) is 19.9. The molecule has 19 heavy (non-hydrogen) atoms. The molecule has 0 aromatic heterocycles. The molecule has 0 aliphatic heterocycles. The van der Waals surface area contributed by atoms with Crippen LogP contribution in [0.15, 0.2) is 0 Å². The molecule has 0 fully saturated rings. The van der Waals surface area contributed by atoms with Gasteiger partial charge in [0.05, 0.1) is 6.16 Å². The highest BCUT2D eigenvalue weighted by Gasteiger charge is 1.97. The molecule has 0 N–H and O–H groups in total. The van der Waals surface area contributed by atoms with Crippen LogP contribution in [-0.2, 0) is 0 Å². The largest absolute Gasteiger partial charge is 0.0654 e. The summed E-state index contributed by atoms with van der Waals surface area (Å²) in [5.41, 5.74) is 0. The molecule has 0 rings (SSSR count). The number of hydrogen-bond donors (Lipinski definition) is 0. The van der Waals surface area contributed by atoms with Gasteiger partial charge in [0.15, 0.2) is 0 Å². The minimum absolute atomic E-state index is 0.818. The van der Waals surface area contributed by atoms with Gasteiger partial charge in [-0.3, -0.25) is 0 Å². The fourth-order valence-electron chi connectivity index (χ4n) is 2.42. The lowest BCUT2D eigenvalue weighted by Crippen LogP contribution is -1.81. The van der Waals surface area contributed by atoms with Gasteiger partial charge in [0.2, 0.25) is 0 Å². The van der Waals surface area contributed by atoms with E-state index in [1.165, 1.54) is 91.7 Å². The standard InChI is InChI=1S/C17H38P2/c1-3-5-7-9-11-13-15-17-19-18-16-14-12-10-8-6-4-2/h18-19H,3-17H2,1-2H3/p+1. The fraction of sp³-hybridized carbons (Fsp3) is 1.00. The quantitative estimate of drug-likeness (QED) is 0.211. The highest BCUT2D eigenvalue weighted by Crippen LogP contribution is 2.38. The Morgan fingerprint density at radius 2 is 1.05 bits per heavy atom. The van der Waals surface area contributed by atoms with Crippen molar-refractivity contribution >= 4 is 16.5 Å². The van der Waals surface area contributed by atoms with Crippen molar-refractivity contribution in [3.63, 3.8) is 0 Å². The molecule has 0 aliphatic carbocycles. The molecular weight excluding hydrogens is 266 g/mol. The van der Waals surface area contributed by atoms with E-state index in [2.05, 4.69) is 13.8 Å². The van der Waals surface area contributed by atoms with Crippen LogP contribution in [0.3, 0.4) is 0 Å². The van der Waals surface area contributed by atoms with Gasteiger partial charge in [-0.25, -0.2) is 0 Å². The minimum atomic E-state index is 0.818. The third kappa shape index (κ3) is 18.9. The molecule has 0 saturated carbocycles. The van der Waals surface area contributed by atoms with Crippen LogP contribution in [0.4, 0.5) is 0 Å².